The minimum absolute atomic E-state index is 0. The number of likely N-dealkylation sites (tertiary alicyclic amines) is 1. The van der Waals surface area contributed by atoms with Gasteiger partial charge in [-0.3, -0.25) is 9.89 Å². The van der Waals surface area contributed by atoms with Gasteiger partial charge in [-0.05, 0) is 32.3 Å². The van der Waals surface area contributed by atoms with Gasteiger partial charge < -0.3 is 10.6 Å². The summed E-state index contributed by atoms with van der Waals surface area (Å²) >= 11 is 0. The Morgan fingerprint density at radius 3 is 2.69 bits per heavy atom. The first-order chi connectivity index (χ1) is 13.5. The van der Waals surface area contributed by atoms with Crippen LogP contribution in [-0.4, -0.2) is 74.1 Å². The van der Waals surface area contributed by atoms with Crippen LogP contribution in [0.25, 0.3) is 0 Å². The average Bonchev–Trinajstić information content (AvgIpc) is 3.17. The van der Waals surface area contributed by atoms with Gasteiger partial charge in [0, 0.05) is 44.8 Å². The molecule has 2 aliphatic heterocycles. The number of halogens is 1. The molecule has 0 bridgehead atoms. The van der Waals surface area contributed by atoms with Crippen molar-refractivity contribution in [3.8, 4) is 0 Å². The number of nitrogens with zero attached hydrogens (tertiary/aromatic N) is 3. The molecular weight excluding hydrogens is 501 g/mol. The molecule has 1 aromatic rings. The summed E-state index contributed by atoms with van der Waals surface area (Å²) in [6.45, 7) is 8.58. The van der Waals surface area contributed by atoms with Crippen LogP contribution in [0.2, 0.25) is 0 Å². The summed E-state index contributed by atoms with van der Waals surface area (Å²) in [5, 5.41) is 6.83. The van der Waals surface area contributed by atoms with Gasteiger partial charge >= 0.3 is 0 Å². The van der Waals surface area contributed by atoms with Crippen LogP contribution in [0, 0.1) is 0 Å². The van der Waals surface area contributed by atoms with E-state index in [0.717, 1.165) is 38.4 Å². The maximum atomic E-state index is 11.9. The molecule has 2 N–H and O–H groups in total. The average molecular weight is 535 g/mol. The van der Waals surface area contributed by atoms with Crippen LogP contribution in [0.4, 0.5) is 0 Å². The second-order valence-electron chi connectivity index (χ2n) is 7.67. The van der Waals surface area contributed by atoms with Gasteiger partial charge in [0.05, 0.1) is 12.3 Å². The Labute approximate surface area is 192 Å². The summed E-state index contributed by atoms with van der Waals surface area (Å²) in [6.07, 6.45) is 1.79. The predicted octanol–water partition coefficient (Wildman–Crippen LogP) is 1.86. The van der Waals surface area contributed by atoms with Crippen molar-refractivity contribution in [3.63, 3.8) is 0 Å². The third-order valence-electron chi connectivity index (χ3n) is 5.44. The molecule has 0 amide bonds. The summed E-state index contributed by atoms with van der Waals surface area (Å²) < 4.78 is 25.4. The first kappa shape index (κ1) is 24.4. The van der Waals surface area contributed by atoms with Crippen LogP contribution in [0.3, 0.4) is 0 Å². The smallest absolute Gasteiger partial charge is 0.214 e. The molecule has 2 saturated heterocycles. The second kappa shape index (κ2) is 11.5. The molecule has 164 valence electrons. The van der Waals surface area contributed by atoms with Crippen molar-refractivity contribution in [1.29, 1.82) is 0 Å². The Hall–Kier alpha value is -0.910. The summed E-state index contributed by atoms with van der Waals surface area (Å²) in [6, 6.07) is 11.4. The number of aliphatic imine (C=N–C) groups is 1. The van der Waals surface area contributed by atoms with Gasteiger partial charge in [-0.1, -0.05) is 30.3 Å². The number of rotatable bonds is 7. The Bertz CT molecular complexity index is 759. The monoisotopic (exact) mass is 535 g/mol. The van der Waals surface area contributed by atoms with E-state index in [2.05, 4.69) is 51.7 Å². The highest BCUT2D eigenvalue weighted by molar-refractivity contribution is 14.0. The number of hydrogen-bond acceptors (Lipinski definition) is 4. The second-order valence-corrected chi connectivity index (χ2v) is 9.76. The maximum absolute atomic E-state index is 11.9. The zero-order valence-corrected chi connectivity index (χ0v) is 20.5. The maximum Gasteiger partial charge on any atom is 0.214 e. The van der Waals surface area contributed by atoms with E-state index in [1.807, 2.05) is 13.0 Å². The van der Waals surface area contributed by atoms with Crippen LogP contribution in [-0.2, 0) is 16.6 Å². The van der Waals surface area contributed by atoms with Crippen LogP contribution < -0.4 is 10.6 Å². The van der Waals surface area contributed by atoms with Gasteiger partial charge in [-0.2, -0.15) is 0 Å². The third kappa shape index (κ3) is 7.08. The van der Waals surface area contributed by atoms with Crippen LogP contribution in [0.5, 0.6) is 0 Å². The predicted molar refractivity (Wildman–Crippen MR) is 129 cm³/mol. The quantitative estimate of drug-likeness (QED) is 0.317. The number of nitrogens with one attached hydrogen (secondary N) is 2. The lowest BCUT2D eigenvalue weighted by Gasteiger charge is -2.21. The lowest BCUT2D eigenvalue weighted by Crippen LogP contribution is -2.45. The largest absolute Gasteiger partial charge is 0.357 e. The summed E-state index contributed by atoms with van der Waals surface area (Å²) in [5.41, 5.74) is 1.34. The Kier molecular flexibility index (Phi) is 9.64. The number of hydrogen-bond donors (Lipinski definition) is 2. The molecule has 0 spiro atoms. The normalized spacial score (nSPS) is 25.0. The highest BCUT2D eigenvalue weighted by Crippen LogP contribution is 2.20. The Balaban J connectivity index is 0.00000300. The number of benzene rings is 1. The van der Waals surface area contributed by atoms with E-state index in [1.54, 1.807) is 4.31 Å². The van der Waals surface area contributed by atoms with Crippen LogP contribution in [0.15, 0.2) is 35.3 Å². The Morgan fingerprint density at radius 2 is 2.03 bits per heavy atom. The molecule has 0 saturated carbocycles. The van der Waals surface area contributed by atoms with Crippen LogP contribution >= 0.6 is 24.0 Å². The van der Waals surface area contributed by atoms with Gasteiger partial charge in [0.2, 0.25) is 10.0 Å². The van der Waals surface area contributed by atoms with E-state index >= 15 is 0 Å². The van der Waals surface area contributed by atoms with E-state index in [4.69, 9.17) is 0 Å². The topological polar surface area (TPSA) is 77.0 Å². The summed E-state index contributed by atoms with van der Waals surface area (Å²) in [7, 11) is -3.05. The molecule has 9 heteroatoms. The Morgan fingerprint density at radius 1 is 1.28 bits per heavy atom. The fourth-order valence-corrected chi connectivity index (χ4v) is 5.49. The molecule has 0 aliphatic carbocycles. The lowest BCUT2D eigenvalue weighted by atomic mass is 10.2. The van der Waals surface area contributed by atoms with Gasteiger partial charge in [-0.15, -0.1) is 24.0 Å². The van der Waals surface area contributed by atoms with Crippen molar-refractivity contribution >= 4 is 40.0 Å². The molecule has 1 aromatic carbocycles. The number of guanidine groups is 1. The third-order valence-corrected chi connectivity index (χ3v) is 7.40. The van der Waals surface area contributed by atoms with Gasteiger partial charge in [-0.25, -0.2) is 12.7 Å². The van der Waals surface area contributed by atoms with E-state index in [9.17, 15) is 8.42 Å². The van der Waals surface area contributed by atoms with Crippen molar-refractivity contribution in [2.24, 2.45) is 4.99 Å². The SMILES string of the molecule is CCNC(=NCCN1CCCS1(=O)=O)NC1CC(C)N(Cc2ccccc2)C1.I. The summed E-state index contributed by atoms with van der Waals surface area (Å²) in [5.74, 6) is 1.05. The molecule has 3 rings (SSSR count). The zero-order valence-electron chi connectivity index (χ0n) is 17.4. The number of sulfonamides is 1. The molecule has 2 fully saturated rings. The minimum Gasteiger partial charge on any atom is -0.357 e. The van der Waals surface area contributed by atoms with Crippen molar-refractivity contribution in [2.45, 2.75) is 45.3 Å². The molecule has 2 unspecified atom stereocenters. The zero-order chi connectivity index (χ0) is 20.0. The molecule has 7 nitrogen and oxygen atoms in total. The van der Waals surface area contributed by atoms with E-state index in [0.29, 0.717) is 31.7 Å². The molecular formula is C20H34IN5O2S. The molecule has 2 aliphatic rings. The van der Waals surface area contributed by atoms with Gasteiger partial charge in [0.1, 0.15) is 0 Å². The first-order valence-corrected chi connectivity index (χ1v) is 11.9. The molecule has 0 aromatic heterocycles. The van der Waals surface area contributed by atoms with Gasteiger partial charge in [0.25, 0.3) is 0 Å². The summed E-state index contributed by atoms with van der Waals surface area (Å²) in [4.78, 5) is 7.10. The standard InChI is InChI=1S/C20H33N5O2S.HI/c1-3-21-20(22-10-12-25-11-7-13-28(25,26)27)23-19-14-17(2)24(16-19)15-18-8-5-4-6-9-18;/h4-6,8-9,17,19H,3,7,10-16H2,1-2H3,(H2,21,22,23);1H. The van der Waals surface area contributed by atoms with E-state index in [1.165, 1.54) is 5.56 Å². The fourth-order valence-electron chi connectivity index (χ4n) is 3.97. The molecule has 2 atom stereocenters. The minimum atomic E-state index is -3.05. The van der Waals surface area contributed by atoms with E-state index < -0.39 is 10.0 Å². The highest BCUT2D eigenvalue weighted by Gasteiger charge is 2.30. The van der Waals surface area contributed by atoms with Crippen LogP contribution in [0.1, 0.15) is 32.3 Å². The van der Waals surface area contributed by atoms with Crippen molar-refractivity contribution < 1.29 is 8.42 Å². The fraction of sp³-hybridized carbons (Fsp3) is 0.650. The lowest BCUT2D eigenvalue weighted by molar-refractivity contribution is 0.258. The molecule has 2 heterocycles. The molecule has 0 radical (unpaired) electrons. The van der Waals surface area contributed by atoms with Crippen molar-refractivity contribution in [2.75, 3.05) is 38.5 Å². The first-order valence-electron chi connectivity index (χ1n) is 10.3. The molecule has 29 heavy (non-hydrogen) atoms. The highest BCUT2D eigenvalue weighted by atomic mass is 127. The van der Waals surface area contributed by atoms with E-state index in [-0.39, 0.29) is 29.7 Å². The van der Waals surface area contributed by atoms with Crippen molar-refractivity contribution in [1.82, 2.24) is 19.8 Å². The van der Waals surface area contributed by atoms with Gasteiger partial charge in [0.15, 0.2) is 5.96 Å². The van der Waals surface area contributed by atoms with Crippen molar-refractivity contribution in [3.05, 3.63) is 35.9 Å².